The first kappa shape index (κ1) is 17.2. The van der Waals surface area contributed by atoms with Crippen LogP contribution in [-0.2, 0) is 21.1 Å². The Morgan fingerprint density at radius 3 is 2.73 bits per heavy atom. The number of rotatable bonds is 5. The van der Waals surface area contributed by atoms with Crippen molar-refractivity contribution in [2.45, 2.75) is 32.2 Å². The molecule has 1 aromatic carbocycles. The Bertz CT molecular complexity index is 643. The Labute approximate surface area is 135 Å². The quantitative estimate of drug-likeness (QED) is 0.822. The van der Waals surface area contributed by atoms with Crippen molar-refractivity contribution in [2.24, 2.45) is 0 Å². The van der Waals surface area contributed by atoms with Crippen molar-refractivity contribution in [2.75, 3.05) is 18.1 Å². The van der Waals surface area contributed by atoms with Crippen LogP contribution in [-0.4, -0.2) is 43.3 Å². The van der Waals surface area contributed by atoms with Gasteiger partial charge in [-0.1, -0.05) is 24.6 Å². The predicted molar refractivity (Wildman–Crippen MR) is 84.2 cm³/mol. The Morgan fingerprint density at radius 1 is 1.45 bits per heavy atom. The van der Waals surface area contributed by atoms with Crippen molar-refractivity contribution in [1.82, 2.24) is 4.90 Å². The normalized spacial score (nSPS) is 20.0. The van der Waals surface area contributed by atoms with Crippen LogP contribution in [0.15, 0.2) is 18.2 Å². The van der Waals surface area contributed by atoms with E-state index in [-0.39, 0.29) is 40.5 Å². The van der Waals surface area contributed by atoms with E-state index < -0.39 is 15.7 Å². The molecule has 1 saturated heterocycles. The minimum atomic E-state index is -3.08. The fraction of sp³-hybridized carbons (Fsp3) is 0.533. The van der Waals surface area contributed by atoms with E-state index in [0.717, 1.165) is 0 Å². The van der Waals surface area contributed by atoms with Gasteiger partial charge in [-0.2, -0.15) is 0 Å². The van der Waals surface area contributed by atoms with Gasteiger partial charge in [-0.05, 0) is 25.0 Å². The maximum Gasteiger partial charge on any atom is 0.227 e. The van der Waals surface area contributed by atoms with Crippen molar-refractivity contribution >= 4 is 27.3 Å². The molecule has 7 heteroatoms. The fourth-order valence-electron chi connectivity index (χ4n) is 2.73. The summed E-state index contributed by atoms with van der Waals surface area (Å²) in [6.45, 7) is 2.38. The molecular formula is C15H19ClFNO3S. The van der Waals surface area contributed by atoms with Crippen LogP contribution in [0.3, 0.4) is 0 Å². The molecule has 0 spiro atoms. The first-order valence-corrected chi connectivity index (χ1v) is 9.46. The molecule has 1 aromatic rings. The number of sulfone groups is 1. The number of halogens is 2. The molecule has 0 radical (unpaired) electrons. The van der Waals surface area contributed by atoms with E-state index in [4.69, 9.17) is 11.6 Å². The van der Waals surface area contributed by atoms with E-state index in [1.54, 1.807) is 4.90 Å². The second-order valence-electron chi connectivity index (χ2n) is 5.52. The summed E-state index contributed by atoms with van der Waals surface area (Å²) >= 11 is 5.95. The molecule has 1 atom stereocenters. The Balaban J connectivity index is 2.17. The zero-order valence-corrected chi connectivity index (χ0v) is 14.0. The second kappa shape index (κ2) is 6.96. The van der Waals surface area contributed by atoms with Gasteiger partial charge in [0.1, 0.15) is 5.82 Å². The molecular weight excluding hydrogens is 329 g/mol. The van der Waals surface area contributed by atoms with Crippen LogP contribution in [0.5, 0.6) is 0 Å². The average molecular weight is 348 g/mol. The van der Waals surface area contributed by atoms with E-state index in [0.29, 0.717) is 19.4 Å². The number of nitrogens with zero attached hydrogens (tertiary/aromatic N) is 1. The fourth-order valence-corrected chi connectivity index (χ4v) is 4.69. The summed E-state index contributed by atoms with van der Waals surface area (Å²) in [5, 5.41) is 0.212. The van der Waals surface area contributed by atoms with Crippen LogP contribution in [0.2, 0.25) is 5.02 Å². The summed E-state index contributed by atoms with van der Waals surface area (Å²) in [4.78, 5) is 14.1. The number of carbonyl (C=O) groups is 1. The van der Waals surface area contributed by atoms with E-state index >= 15 is 0 Å². The standard InChI is InChI=1S/C15H19ClFNO3S/c1-2-7-18(11-6-8-22(20,21)10-11)15(19)9-12-13(16)4-3-5-14(12)17/h3-5,11H,2,6-10H2,1H3. The predicted octanol–water partition coefficient (Wildman–Crippen LogP) is 2.45. The molecule has 0 aliphatic carbocycles. The van der Waals surface area contributed by atoms with Gasteiger partial charge in [0.25, 0.3) is 0 Å². The third-order valence-electron chi connectivity index (χ3n) is 3.82. The first-order chi connectivity index (χ1) is 10.3. The van der Waals surface area contributed by atoms with Crippen molar-refractivity contribution in [3.63, 3.8) is 0 Å². The molecule has 1 amide bonds. The maximum atomic E-state index is 13.8. The van der Waals surface area contributed by atoms with Crippen LogP contribution in [0.1, 0.15) is 25.3 Å². The molecule has 0 aromatic heterocycles. The van der Waals surface area contributed by atoms with Gasteiger partial charge in [-0.25, -0.2) is 12.8 Å². The SMILES string of the molecule is CCCN(C(=O)Cc1c(F)cccc1Cl)C1CCS(=O)(=O)C1. The molecule has 1 aliphatic rings. The molecule has 1 unspecified atom stereocenters. The van der Waals surface area contributed by atoms with Crippen LogP contribution in [0.25, 0.3) is 0 Å². The molecule has 122 valence electrons. The lowest BCUT2D eigenvalue weighted by molar-refractivity contribution is -0.132. The minimum absolute atomic E-state index is 0.0102. The van der Waals surface area contributed by atoms with Gasteiger partial charge in [0, 0.05) is 23.2 Å². The topological polar surface area (TPSA) is 54.5 Å². The van der Waals surface area contributed by atoms with Crippen molar-refractivity contribution in [1.29, 1.82) is 0 Å². The molecule has 1 aliphatic heterocycles. The molecule has 0 bridgehead atoms. The summed E-state index contributed by atoms with van der Waals surface area (Å²) in [5.41, 5.74) is 0.163. The van der Waals surface area contributed by atoms with Gasteiger partial charge in [-0.15, -0.1) is 0 Å². The van der Waals surface area contributed by atoms with Gasteiger partial charge in [0.05, 0.1) is 17.9 Å². The summed E-state index contributed by atoms with van der Waals surface area (Å²) in [6, 6.07) is 3.97. The highest BCUT2D eigenvalue weighted by Crippen LogP contribution is 2.23. The number of hydrogen-bond acceptors (Lipinski definition) is 3. The monoisotopic (exact) mass is 347 g/mol. The van der Waals surface area contributed by atoms with Crippen LogP contribution in [0, 0.1) is 5.82 Å². The molecule has 2 rings (SSSR count). The highest BCUT2D eigenvalue weighted by molar-refractivity contribution is 7.91. The molecule has 0 N–H and O–H groups in total. The Morgan fingerprint density at radius 2 is 2.18 bits per heavy atom. The molecule has 1 fully saturated rings. The van der Waals surface area contributed by atoms with E-state index in [1.165, 1.54) is 18.2 Å². The lowest BCUT2D eigenvalue weighted by atomic mass is 10.1. The maximum absolute atomic E-state index is 13.8. The number of benzene rings is 1. The number of carbonyl (C=O) groups excluding carboxylic acids is 1. The lowest BCUT2D eigenvalue weighted by Gasteiger charge is -2.28. The second-order valence-corrected chi connectivity index (χ2v) is 8.16. The van der Waals surface area contributed by atoms with Gasteiger partial charge >= 0.3 is 0 Å². The lowest BCUT2D eigenvalue weighted by Crippen LogP contribution is -2.42. The zero-order chi connectivity index (χ0) is 16.3. The highest BCUT2D eigenvalue weighted by atomic mass is 35.5. The zero-order valence-electron chi connectivity index (χ0n) is 12.4. The summed E-state index contributed by atoms with van der Waals surface area (Å²) in [7, 11) is -3.08. The van der Waals surface area contributed by atoms with Crippen molar-refractivity contribution in [3.8, 4) is 0 Å². The van der Waals surface area contributed by atoms with Gasteiger partial charge in [0.2, 0.25) is 5.91 Å². The third kappa shape index (κ3) is 3.98. The molecule has 22 heavy (non-hydrogen) atoms. The largest absolute Gasteiger partial charge is 0.338 e. The Hall–Kier alpha value is -1.14. The van der Waals surface area contributed by atoms with Crippen molar-refractivity contribution < 1.29 is 17.6 Å². The van der Waals surface area contributed by atoms with Gasteiger partial charge in [0.15, 0.2) is 9.84 Å². The van der Waals surface area contributed by atoms with Crippen LogP contribution < -0.4 is 0 Å². The van der Waals surface area contributed by atoms with Crippen LogP contribution in [0.4, 0.5) is 4.39 Å². The first-order valence-electron chi connectivity index (χ1n) is 7.27. The molecule has 4 nitrogen and oxygen atoms in total. The summed E-state index contributed by atoms with van der Waals surface area (Å²) < 4.78 is 37.0. The molecule has 1 heterocycles. The van der Waals surface area contributed by atoms with Crippen molar-refractivity contribution in [3.05, 3.63) is 34.6 Å². The van der Waals surface area contributed by atoms with Crippen LogP contribution >= 0.6 is 11.6 Å². The highest BCUT2D eigenvalue weighted by Gasteiger charge is 2.34. The molecule has 0 saturated carbocycles. The van der Waals surface area contributed by atoms with Gasteiger partial charge < -0.3 is 4.90 Å². The van der Waals surface area contributed by atoms with E-state index in [1.807, 2.05) is 6.92 Å². The number of amides is 1. The summed E-state index contributed by atoms with van der Waals surface area (Å²) in [5.74, 6) is -0.706. The smallest absolute Gasteiger partial charge is 0.227 e. The minimum Gasteiger partial charge on any atom is -0.338 e. The third-order valence-corrected chi connectivity index (χ3v) is 5.93. The summed E-state index contributed by atoms with van der Waals surface area (Å²) in [6.07, 6.45) is 1.01. The van der Waals surface area contributed by atoms with E-state index in [2.05, 4.69) is 0 Å². The Kier molecular flexibility index (Phi) is 5.45. The average Bonchev–Trinajstić information content (AvgIpc) is 2.80. The van der Waals surface area contributed by atoms with Gasteiger partial charge in [-0.3, -0.25) is 4.79 Å². The van der Waals surface area contributed by atoms with E-state index in [9.17, 15) is 17.6 Å². The number of hydrogen-bond donors (Lipinski definition) is 0.